The van der Waals surface area contributed by atoms with Crippen LogP contribution in [0.2, 0.25) is 5.02 Å². The number of rotatable bonds is 7. The van der Waals surface area contributed by atoms with Crippen molar-refractivity contribution < 1.29 is 14.3 Å². The van der Waals surface area contributed by atoms with Crippen LogP contribution in [0.3, 0.4) is 0 Å². The number of nitrogens with zero attached hydrogens (tertiary/aromatic N) is 2. The van der Waals surface area contributed by atoms with Gasteiger partial charge in [-0.3, -0.25) is 9.69 Å². The Labute approximate surface area is 189 Å². The third kappa shape index (κ3) is 5.20. The molecule has 7 heteroatoms. The van der Waals surface area contributed by atoms with Gasteiger partial charge in [-0.25, -0.2) is 9.69 Å². The highest BCUT2D eigenvalue weighted by Gasteiger charge is 2.49. The van der Waals surface area contributed by atoms with E-state index in [4.69, 9.17) is 16.3 Å². The van der Waals surface area contributed by atoms with Gasteiger partial charge in [-0.1, -0.05) is 62.7 Å². The SMILES string of the molecule is CN(CCOc1cccc(Cl)c1)CN1C(=O)NC(C)(c2ccc(C(C)(C)C)cc2)C1=O. The van der Waals surface area contributed by atoms with Crippen LogP contribution in [0.25, 0.3) is 0 Å². The Morgan fingerprint density at radius 2 is 1.81 bits per heavy atom. The Kier molecular flexibility index (Phi) is 6.62. The number of amides is 3. The normalized spacial score (nSPS) is 19.1. The average molecular weight is 444 g/mol. The van der Waals surface area contributed by atoms with Crippen LogP contribution in [0.5, 0.6) is 5.75 Å². The van der Waals surface area contributed by atoms with E-state index in [1.165, 1.54) is 10.5 Å². The van der Waals surface area contributed by atoms with E-state index in [0.717, 1.165) is 5.56 Å². The molecular weight excluding hydrogens is 414 g/mol. The molecule has 1 aliphatic rings. The van der Waals surface area contributed by atoms with Gasteiger partial charge < -0.3 is 10.1 Å². The molecule has 0 saturated carbocycles. The molecule has 166 valence electrons. The maximum Gasteiger partial charge on any atom is 0.326 e. The monoisotopic (exact) mass is 443 g/mol. The number of imide groups is 1. The van der Waals surface area contributed by atoms with Gasteiger partial charge in [-0.15, -0.1) is 0 Å². The first kappa shape index (κ1) is 23.1. The molecule has 6 nitrogen and oxygen atoms in total. The highest BCUT2D eigenvalue weighted by molar-refractivity contribution is 6.30. The standard InChI is InChI=1S/C24H30ClN3O3/c1-23(2,3)17-9-11-18(12-10-17)24(4)21(29)28(22(30)26-24)16-27(5)13-14-31-20-8-6-7-19(25)15-20/h6-12,15H,13-14,16H2,1-5H3,(H,26,30). The van der Waals surface area contributed by atoms with Gasteiger partial charge in [-0.05, 0) is 48.7 Å². The number of benzene rings is 2. The number of halogens is 1. The average Bonchev–Trinajstić information content (AvgIpc) is 2.91. The van der Waals surface area contributed by atoms with Crippen molar-refractivity contribution in [2.75, 3.05) is 26.9 Å². The van der Waals surface area contributed by atoms with E-state index >= 15 is 0 Å². The fourth-order valence-corrected chi connectivity index (χ4v) is 3.69. The molecule has 1 fully saturated rings. The first-order valence-corrected chi connectivity index (χ1v) is 10.7. The summed E-state index contributed by atoms with van der Waals surface area (Å²) < 4.78 is 5.69. The Hall–Kier alpha value is -2.57. The van der Waals surface area contributed by atoms with E-state index in [1.807, 2.05) is 48.3 Å². The zero-order valence-electron chi connectivity index (χ0n) is 18.7. The molecule has 31 heavy (non-hydrogen) atoms. The number of nitrogens with one attached hydrogen (secondary N) is 1. The van der Waals surface area contributed by atoms with E-state index in [9.17, 15) is 9.59 Å². The summed E-state index contributed by atoms with van der Waals surface area (Å²) >= 11 is 5.96. The zero-order valence-corrected chi connectivity index (χ0v) is 19.5. The van der Waals surface area contributed by atoms with Gasteiger partial charge in [0.15, 0.2) is 0 Å². The smallest absolute Gasteiger partial charge is 0.326 e. The second kappa shape index (κ2) is 8.89. The molecule has 0 aliphatic carbocycles. The van der Waals surface area contributed by atoms with Gasteiger partial charge in [0.25, 0.3) is 5.91 Å². The predicted molar refractivity (Wildman–Crippen MR) is 122 cm³/mol. The molecular formula is C24H30ClN3O3. The highest BCUT2D eigenvalue weighted by Crippen LogP contribution is 2.31. The maximum atomic E-state index is 13.2. The van der Waals surface area contributed by atoms with Gasteiger partial charge in [0.2, 0.25) is 0 Å². The lowest BCUT2D eigenvalue weighted by Crippen LogP contribution is -2.43. The van der Waals surface area contributed by atoms with Crippen molar-refractivity contribution in [2.24, 2.45) is 0 Å². The number of likely N-dealkylation sites (N-methyl/N-ethyl adjacent to an activating group) is 1. The van der Waals surface area contributed by atoms with Gasteiger partial charge in [-0.2, -0.15) is 0 Å². The second-order valence-electron chi connectivity index (χ2n) is 9.14. The summed E-state index contributed by atoms with van der Waals surface area (Å²) in [5.74, 6) is 0.422. The molecule has 1 saturated heterocycles. The number of carbonyl (C=O) groups is 2. The zero-order chi connectivity index (χ0) is 22.8. The van der Waals surface area contributed by atoms with Crippen LogP contribution >= 0.6 is 11.6 Å². The second-order valence-corrected chi connectivity index (χ2v) is 9.58. The van der Waals surface area contributed by atoms with Crippen LogP contribution in [0.4, 0.5) is 4.79 Å². The van der Waals surface area contributed by atoms with Crippen molar-refractivity contribution >= 4 is 23.5 Å². The number of ether oxygens (including phenoxy) is 1. The first-order valence-electron chi connectivity index (χ1n) is 10.3. The molecule has 2 aromatic rings. The van der Waals surface area contributed by atoms with Crippen molar-refractivity contribution in [1.29, 1.82) is 0 Å². The Morgan fingerprint density at radius 1 is 1.13 bits per heavy atom. The molecule has 0 spiro atoms. The van der Waals surface area contributed by atoms with Gasteiger partial charge in [0.1, 0.15) is 17.9 Å². The highest BCUT2D eigenvalue weighted by atomic mass is 35.5. The summed E-state index contributed by atoms with van der Waals surface area (Å²) in [5, 5.41) is 3.47. The fourth-order valence-electron chi connectivity index (χ4n) is 3.51. The molecule has 0 bridgehead atoms. The third-order valence-electron chi connectivity index (χ3n) is 5.52. The maximum absolute atomic E-state index is 13.2. The van der Waals surface area contributed by atoms with Crippen LogP contribution in [-0.4, -0.2) is 48.6 Å². The topological polar surface area (TPSA) is 61.9 Å². The van der Waals surface area contributed by atoms with E-state index in [-0.39, 0.29) is 18.0 Å². The molecule has 1 atom stereocenters. The molecule has 1 aliphatic heterocycles. The van der Waals surface area contributed by atoms with Crippen molar-refractivity contribution in [1.82, 2.24) is 15.1 Å². The number of hydrogen-bond acceptors (Lipinski definition) is 4. The van der Waals surface area contributed by atoms with E-state index < -0.39 is 11.6 Å². The van der Waals surface area contributed by atoms with Crippen molar-refractivity contribution in [3.63, 3.8) is 0 Å². The van der Waals surface area contributed by atoms with Crippen LogP contribution in [0.15, 0.2) is 48.5 Å². The fraction of sp³-hybridized carbons (Fsp3) is 0.417. The molecule has 0 radical (unpaired) electrons. The van der Waals surface area contributed by atoms with Crippen LogP contribution in [-0.2, 0) is 15.7 Å². The minimum Gasteiger partial charge on any atom is -0.492 e. The summed E-state index contributed by atoms with van der Waals surface area (Å²) in [5.41, 5.74) is 0.886. The largest absolute Gasteiger partial charge is 0.492 e. The summed E-state index contributed by atoms with van der Waals surface area (Å²) in [4.78, 5) is 28.9. The molecule has 1 unspecified atom stereocenters. The van der Waals surface area contributed by atoms with E-state index in [2.05, 4.69) is 26.1 Å². The summed E-state index contributed by atoms with van der Waals surface area (Å²) in [7, 11) is 1.84. The predicted octanol–water partition coefficient (Wildman–Crippen LogP) is 4.37. The summed E-state index contributed by atoms with van der Waals surface area (Å²) in [6.07, 6.45) is 0. The Morgan fingerprint density at radius 3 is 2.42 bits per heavy atom. The Bertz CT molecular complexity index is 955. The third-order valence-corrected chi connectivity index (χ3v) is 5.76. The first-order chi connectivity index (χ1) is 14.5. The molecule has 3 amide bonds. The van der Waals surface area contributed by atoms with E-state index in [0.29, 0.717) is 23.9 Å². The number of hydrogen-bond donors (Lipinski definition) is 1. The van der Waals surface area contributed by atoms with Crippen LogP contribution in [0.1, 0.15) is 38.8 Å². The Balaban J connectivity index is 1.61. The molecule has 1 heterocycles. The molecule has 0 aromatic heterocycles. The lowest BCUT2D eigenvalue weighted by Gasteiger charge is -2.26. The van der Waals surface area contributed by atoms with Gasteiger partial charge in [0.05, 0.1) is 6.67 Å². The molecule has 3 rings (SSSR count). The van der Waals surface area contributed by atoms with E-state index in [1.54, 1.807) is 19.1 Å². The van der Waals surface area contributed by atoms with Crippen molar-refractivity contribution in [2.45, 2.75) is 38.6 Å². The lowest BCUT2D eigenvalue weighted by molar-refractivity contribution is -0.132. The van der Waals surface area contributed by atoms with Crippen LogP contribution < -0.4 is 10.1 Å². The van der Waals surface area contributed by atoms with Crippen molar-refractivity contribution in [3.05, 3.63) is 64.7 Å². The molecule has 2 aromatic carbocycles. The van der Waals surface area contributed by atoms with Crippen LogP contribution in [0, 0.1) is 0 Å². The van der Waals surface area contributed by atoms with Gasteiger partial charge in [0, 0.05) is 11.6 Å². The summed E-state index contributed by atoms with van der Waals surface area (Å²) in [6, 6.07) is 14.7. The summed E-state index contributed by atoms with van der Waals surface area (Å²) in [6.45, 7) is 9.30. The number of urea groups is 1. The van der Waals surface area contributed by atoms with Crippen molar-refractivity contribution in [3.8, 4) is 5.75 Å². The minimum absolute atomic E-state index is 0.0181. The number of carbonyl (C=O) groups excluding carboxylic acids is 2. The lowest BCUT2D eigenvalue weighted by atomic mass is 9.84. The quantitative estimate of drug-likeness (QED) is 0.645. The molecule has 1 N–H and O–H groups in total. The van der Waals surface area contributed by atoms with Gasteiger partial charge >= 0.3 is 6.03 Å². The minimum atomic E-state index is -1.08.